The number of ether oxygens (including phenoxy) is 1. The second-order valence-corrected chi connectivity index (χ2v) is 8.36. The second kappa shape index (κ2) is 9.40. The lowest BCUT2D eigenvalue weighted by Crippen LogP contribution is -2.29. The number of carbonyl (C=O) groups excluding carboxylic acids is 5. The van der Waals surface area contributed by atoms with E-state index in [1.54, 1.807) is 42.5 Å². The van der Waals surface area contributed by atoms with Gasteiger partial charge >= 0.3 is 5.97 Å². The van der Waals surface area contributed by atoms with Crippen molar-refractivity contribution in [1.82, 2.24) is 0 Å². The molecule has 0 aromatic heterocycles. The zero-order valence-corrected chi connectivity index (χ0v) is 19.4. The summed E-state index contributed by atoms with van der Waals surface area (Å²) in [5.74, 6) is -2.62. The van der Waals surface area contributed by atoms with Crippen LogP contribution in [0.4, 0.5) is 11.4 Å². The molecule has 0 saturated heterocycles. The fourth-order valence-corrected chi connectivity index (χ4v) is 3.73. The number of amides is 3. The van der Waals surface area contributed by atoms with Gasteiger partial charge in [-0.3, -0.25) is 19.2 Å². The highest BCUT2D eigenvalue weighted by atomic mass is 79.9. The van der Waals surface area contributed by atoms with Crippen LogP contribution in [0.3, 0.4) is 0 Å². The van der Waals surface area contributed by atoms with Gasteiger partial charge in [-0.2, -0.15) is 0 Å². The molecule has 3 aromatic carbocycles. The Bertz CT molecular complexity index is 1350. The number of nitrogens with zero attached hydrogens (tertiary/aromatic N) is 1. The summed E-state index contributed by atoms with van der Waals surface area (Å²) in [5.41, 5.74) is 1.32. The molecule has 0 unspecified atom stereocenters. The Balaban J connectivity index is 1.50. The number of esters is 1. The van der Waals surface area contributed by atoms with Crippen molar-refractivity contribution in [3.05, 3.63) is 93.5 Å². The fourth-order valence-electron chi connectivity index (χ4n) is 3.46. The van der Waals surface area contributed by atoms with Crippen molar-refractivity contribution in [3.8, 4) is 0 Å². The number of fused-ring (bicyclic) bond motifs is 1. The van der Waals surface area contributed by atoms with Gasteiger partial charge < -0.3 is 10.1 Å². The van der Waals surface area contributed by atoms with Crippen molar-refractivity contribution in [1.29, 1.82) is 0 Å². The Morgan fingerprint density at radius 1 is 0.882 bits per heavy atom. The van der Waals surface area contributed by atoms with E-state index in [1.165, 1.54) is 31.2 Å². The minimum Gasteiger partial charge on any atom is -0.454 e. The number of Topliss-reactive ketones (excluding diaryl/α,β-unsaturated/α-hetero) is 1. The van der Waals surface area contributed by atoms with Crippen molar-refractivity contribution >= 4 is 56.8 Å². The van der Waals surface area contributed by atoms with Gasteiger partial charge in [0.05, 0.1) is 22.4 Å². The van der Waals surface area contributed by atoms with Crippen LogP contribution in [0, 0.1) is 0 Å². The molecular weight excluding hydrogens is 504 g/mol. The number of benzene rings is 3. The maximum Gasteiger partial charge on any atom is 0.338 e. The quantitative estimate of drug-likeness (QED) is 0.295. The largest absolute Gasteiger partial charge is 0.454 e. The summed E-state index contributed by atoms with van der Waals surface area (Å²) in [6.07, 6.45) is 0. The lowest BCUT2D eigenvalue weighted by atomic mass is 10.1. The Hall–Kier alpha value is -4.11. The van der Waals surface area contributed by atoms with Crippen LogP contribution in [0.1, 0.15) is 48.4 Å². The Kier molecular flexibility index (Phi) is 6.38. The molecule has 4 rings (SSSR count). The normalized spacial score (nSPS) is 12.4. The van der Waals surface area contributed by atoms with Crippen LogP contribution < -0.4 is 10.2 Å². The molecule has 1 aliphatic heterocycles. The number of halogens is 1. The molecule has 0 atom stereocenters. The molecule has 3 amide bonds. The molecule has 34 heavy (non-hydrogen) atoms. The van der Waals surface area contributed by atoms with Crippen LogP contribution in [0.25, 0.3) is 0 Å². The van der Waals surface area contributed by atoms with Crippen LogP contribution in [-0.4, -0.2) is 36.1 Å². The SMILES string of the molecule is CC(=O)Nc1cccc(N2C(=O)c3ccc(C(=O)OCC(=O)c4ccc(Br)cc4)cc3C2=O)c1. The topological polar surface area (TPSA) is 110 Å². The molecule has 1 N–H and O–H groups in total. The molecule has 0 spiro atoms. The van der Waals surface area contributed by atoms with Crippen molar-refractivity contribution in [2.24, 2.45) is 0 Å². The third kappa shape index (κ3) is 4.65. The predicted octanol–water partition coefficient (Wildman–Crippen LogP) is 4.25. The van der Waals surface area contributed by atoms with Crippen LogP contribution >= 0.6 is 15.9 Å². The predicted molar refractivity (Wildman–Crippen MR) is 127 cm³/mol. The highest BCUT2D eigenvalue weighted by molar-refractivity contribution is 9.10. The molecule has 0 radical (unpaired) electrons. The van der Waals surface area contributed by atoms with Crippen molar-refractivity contribution in [2.45, 2.75) is 6.92 Å². The molecule has 9 heteroatoms. The average Bonchev–Trinajstić information content (AvgIpc) is 3.06. The molecule has 3 aromatic rings. The highest BCUT2D eigenvalue weighted by Crippen LogP contribution is 2.30. The summed E-state index contributed by atoms with van der Waals surface area (Å²) >= 11 is 3.28. The molecule has 170 valence electrons. The van der Waals surface area contributed by atoms with Gasteiger partial charge in [-0.1, -0.05) is 34.1 Å². The molecule has 0 aliphatic carbocycles. The number of ketones is 1. The second-order valence-electron chi connectivity index (χ2n) is 7.44. The van der Waals surface area contributed by atoms with Crippen LogP contribution in [0.15, 0.2) is 71.2 Å². The number of hydrogen-bond donors (Lipinski definition) is 1. The molecule has 0 fully saturated rings. The first-order chi connectivity index (χ1) is 16.2. The van der Waals surface area contributed by atoms with Gasteiger partial charge in [0.1, 0.15) is 0 Å². The Morgan fingerprint density at radius 3 is 2.26 bits per heavy atom. The third-order valence-corrected chi connectivity index (χ3v) is 5.58. The van der Waals surface area contributed by atoms with E-state index in [9.17, 15) is 24.0 Å². The monoisotopic (exact) mass is 520 g/mol. The number of anilines is 2. The van der Waals surface area contributed by atoms with E-state index in [1.807, 2.05) is 0 Å². The average molecular weight is 521 g/mol. The van der Waals surface area contributed by atoms with Gasteiger partial charge in [0.2, 0.25) is 5.91 Å². The first-order valence-corrected chi connectivity index (χ1v) is 10.9. The molecule has 1 aliphatic rings. The number of carbonyl (C=O) groups is 5. The standard InChI is InChI=1S/C25H17BrN2O6/c1-14(29)27-18-3-2-4-19(12-18)28-23(31)20-10-7-16(11-21(20)24(28)32)25(33)34-13-22(30)15-5-8-17(26)9-6-15/h2-12H,13H2,1H3,(H,27,29). The van der Waals surface area contributed by atoms with Gasteiger partial charge in [-0.25, -0.2) is 9.69 Å². The van der Waals surface area contributed by atoms with E-state index in [2.05, 4.69) is 21.2 Å². The van der Waals surface area contributed by atoms with E-state index in [0.717, 1.165) is 9.37 Å². The van der Waals surface area contributed by atoms with Gasteiger partial charge in [0.25, 0.3) is 11.8 Å². The number of nitrogens with one attached hydrogen (secondary N) is 1. The highest BCUT2D eigenvalue weighted by Gasteiger charge is 2.37. The maximum absolute atomic E-state index is 13.0. The number of rotatable bonds is 6. The molecule has 1 heterocycles. The summed E-state index contributed by atoms with van der Waals surface area (Å²) < 4.78 is 5.92. The zero-order chi connectivity index (χ0) is 24.4. The lowest BCUT2D eigenvalue weighted by molar-refractivity contribution is -0.114. The molecule has 0 bridgehead atoms. The van der Waals surface area contributed by atoms with E-state index in [4.69, 9.17) is 4.74 Å². The Morgan fingerprint density at radius 2 is 1.56 bits per heavy atom. The third-order valence-electron chi connectivity index (χ3n) is 5.05. The van der Waals surface area contributed by atoms with E-state index in [-0.39, 0.29) is 34.1 Å². The Labute approximate surface area is 202 Å². The zero-order valence-electron chi connectivity index (χ0n) is 17.8. The van der Waals surface area contributed by atoms with Crippen molar-refractivity contribution < 1.29 is 28.7 Å². The first kappa shape index (κ1) is 23.1. The van der Waals surface area contributed by atoms with Crippen LogP contribution in [-0.2, 0) is 9.53 Å². The van der Waals surface area contributed by atoms with E-state index in [0.29, 0.717) is 11.3 Å². The van der Waals surface area contributed by atoms with Gasteiger partial charge in [0.15, 0.2) is 12.4 Å². The number of hydrogen-bond acceptors (Lipinski definition) is 6. The van der Waals surface area contributed by atoms with E-state index < -0.39 is 24.4 Å². The van der Waals surface area contributed by atoms with Crippen LogP contribution in [0.5, 0.6) is 0 Å². The maximum atomic E-state index is 13.0. The smallest absolute Gasteiger partial charge is 0.338 e. The summed E-state index contributed by atoms with van der Waals surface area (Å²) in [6, 6.07) is 17.0. The summed E-state index contributed by atoms with van der Waals surface area (Å²) in [6.45, 7) is 0.883. The van der Waals surface area contributed by atoms with E-state index >= 15 is 0 Å². The fraction of sp³-hybridized carbons (Fsp3) is 0.0800. The summed E-state index contributed by atoms with van der Waals surface area (Å²) in [4.78, 5) is 62.9. The number of imide groups is 1. The molecule has 8 nitrogen and oxygen atoms in total. The van der Waals surface area contributed by atoms with Gasteiger partial charge in [-0.05, 0) is 48.5 Å². The minimum atomic E-state index is -0.792. The first-order valence-electron chi connectivity index (χ1n) is 10.1. The lowest BCUT2D eigenvalue weighted by Gasteiger charge is -2.15. The van der Waals surface area contributed by atoms with Gasteiger partial charge in [0, 0.05) is 22.6 Å². The molecule has 0 saturated carbocycles. The van der Waals surface area contributed by atoms with Gasteiger partial charge in [-0.15, -0.1) is 0 Å². The van der Waals surface area contributed by atoms with Crippen molar-refractivity contribution in [2.75, 3.05) is 16.8 Å². The van der Waals surface area contributed by atoms with Crippen LogP contribution in [0.2, 0.25) is 0 Å². The summed E-state index contributed by atoms with van der Waals surface area (Å²) in [7, 11) is 0. The summed E-state index contributed by atoms with van der Waals surface area (Å²) in [5, 5.41) is 2.60. The minimum absolute atomic E-state index is 0.0392. The van der Waals surface area contributed by atoms with Crippen molar-refractivity contribution in [3.63, 3.8) is 0 Å². The molecular formula is C25H17BrN2O6.